The van der Waals surface area contributed by atoms with E-state index in [9.17, 15) is 23.1 Å². The number of carbonyl (C=O) groups excluding carboxylic acids is 1. The molecule has 0 saturated heterocycles. The monoisotopic (exact) mass is 577 g/mol. The second kappa shape index (κ2) is 12.6. The van der Waals surface area contributed by atoms with Crippen LogP contribution in [0.5, 0.6) is 0 Å². The van der Waals surface area contributed by atoms with Gasteiger partial charge in [-0.05, 0) is 55.7 Å². The summed E-state index contributed by atoms with van der Waals surface area (Å²) in [5.74, 6) is -0.649. The van der Waals surface area contributed by atoms with Crippen LogP contribution in [-0.2, 0) is 10.5 Å². The highest BCUT2D eigenvalue weighted by Gasteiger charge is 2.51. The van der Waals surface area contributed by atoms with E-state index in [0.29, 0.717) is 23.2 Å². The Kier molecular flexibility index (Phi) is 9.46. The maximum Gasteiger partial charge on any atom is 0.404 e. The van der Waals surface area contributed by atoms with Crippen molar-refractivity contribution in [1.29, 1.82) is 0 Å². The average Bonchev–Trinajstić information content (AvgIpc) is 3.11. The summed E-state index contributed by atoms with van der Waals surface area (Å²) in [5.41, 5.74) is 0.370. The third kappa shape index (κ3) is 7.47. The van der Waals surface area contributed by atoms with Gasteiger partial charge in [0.15, 0.2) is 5.72 Å². The highest BCUT2D eigenvalue weighted by Crippen LogP contribution is 2.42. The predicted octanol–water partition coefficient (Wildman–Crippen LogP) is 7.20. The van der Waals surface area contributed by atoms with Gasteiger partial charge in [0.2, 0.25) is 0 Å². The van der Waals surface area contributed by atoms with E-state index in [-0.39, 0.29) is 12.3 Å². The molecule has 2 atom stereocenters. The molecule has 0 radical (unpaired) electrons. The molecule has 0 aliphatic carbocycles. The second-order valence-electron chi connectivity index (χ2n) is 9.73. The second-order valence-corrected chi connectivity index (χ2v) is 11.3. The number of nitrogens with zero attached hydrogens (tertiary/aromatic N) is 2. The molecule has 0 spiro atoms. The Morgan fingerprint density at radius 3 is 2.59 bits per heavy atom. The van der Waals surface area contributed by atoms with Gasteiger partial charge in [-0.2, -0.15) is 13.2 Å². The molecule has 39 heavy (non-hydrogen) atoms. The van der Waals surface area contributed by atoms with Crippen molar-refractivity contribution in [3.8, 4) is 0 Å². The van der Waals surface area contributed by atoms with Crippen LogP contribution in [0.1, 0.15) is 38.2 Å². The van der Waals surface area contributed by atoms with Crippen molar-refractivity contribution < 1.29 is 23.1 Å². The Labute approximate surface area is 235 Å². The molecule has 10 heteroatoms. The maximum atomic E-state index is 13.9. The number of carbonyl (C=O) groups is 1. The zero-order valence-electron chi connectivity index (χ0n) is 21.5. The van der Waals surface area contributed by atoms with E-state index in [4.69, 9.17) is 11.6 Å². The van der Waals surface area contributed by atoms with Crippen molar-refractivity contribution in [2.75, 3.05) is 18.4 Å². The summed E-state index contributed by atoms with van der Waals surface area (Å²) in [6, 6.07) is 16.3. The van der Waals surface area contributed by atoms with Gasteiger partial charge in [0.05, 0.1) is 5.52 Å². The van der Waals surface area contributed by atoms with E-state index in [2.05, 4.69) is 10.3 Å². The van der Waals surface area contributed by atoms with Gasteiger partial charge in [-0.3, -0.25) is 9.78 Å². The number of thioether (sulfide) groups is 1. The molecule has 1 aliphatic rings. The zero-order chi connectivity index (χ0) is 28.0. The third-order valence-corrected chi connectivity index (χ3v) is 8.23. The molecule has 2 heterocycles. The lowest BCUT2D eigenvalue weighted by molar-refractivity contribution is -0.144. The predicted molar refractivity (Wildman–Crippen MR) is 152 cm³/mol. The molecule has 3 aromatic rings. The quantitative estimate of drug-likeness (QED) is 0.223. The van der Waals surface area contributed by atoms with Gasteiger partial charge >= 0.3 is 6.18 Å². The largest absolute Gasteiger partial charge is 0.404 e. The van der Waals surface area contributed by atoms with Gasteiger partial charge in [-0.15, -0.1) is 11.8 Å². The minimum atomic E-state index is -4.62. The van der Waals surface area contributed by atoms with E-state index in [0.717, 1.165) is 58.9 Å². The first kappa shape index (κ1) is 29.2. The lowest BCUT2D eigenvalue weighted by atomic mass is 10.1. The number of benzene rings is 2. The molecule has 2 unspecified atom stereocenters. The van der Waals surface area contributed by atoms with Gasteiger partial charge in [0, 0.05) is 46.7 Å². The van der Waals surface area contributed by atoms with Crippen LogP contribution in [0.4, 0.5) is 18.9 Å². The number of hydrogen-bond acceptors (Lipinski definition) is 5. The summed E-state index contributed by atoms with van der Waals surface area (Å²) in [7, 11) is 0. The standard InChI is InChI=1S/C29H31ClF3N3O2S/c1-28(38)18-23(26(29(31,32)33)39-19-20-9-5-4-6-10-20)27(37)36(28)16-8-3-2-7-14-34-24-13-15-35-25-17-21(30)11-12-22(24)25/h4-6,9-13,15,17-18,26,38H,2-3,7-8,14,16,19H2,1H3,(H,34,35). The van der Waals surface area contributed by atoms with E-state index >= 15 is 0 Å². The Morgan fingerprint density at radius 2 is 1.85 bits per heavy atom. The number of fused-ring (bicyclic) bond motifs is 1. The normalized spacial score (nSPS) is 18.5. The van der Waals surface area contributed by atoms with Gasteiger partial charge < -0.3 is 15.3 Å². The van der Waals surface area contributed by atoms with Gasteiger partial charge in [-0.1, -0.05) is 54.8 Å². The fourth-order valence-corrected chi connectivity index (χ4v) is 5.93. The molecule has 1 aliphatic heterocycles. The summed E-state index contributed by atoms with van der Waals surface area (Å²) in [6.45, 7) is 2.28. The van der Waals surface area contributed by atoms with Crippen molar-refractivity contribution in [3.05, 3.63) is 83.0 Å². The Morgan fingerprint density at radius 1 is 1.10 bits per heavy atom. The van der Waals surface area contributed by atoms with Gasteiger partial charge in [-0.25, -0.2) is 0 Å². The summed E-state index contributed by atoms with van der Waals surface area (Å²) in [4.78, 5) is 18.5. The topological polar surface area (TPSA) is 65.5 Å². The highest BCUT2D eigenvalue weighted by molar-refractivity contribution is 7.99. The Bertz CT molecular complexity index is 1320. The lowest BCUT2D eigenvalue weighted by Crippen LogP contribution is -2.45. The summed E-state index contributed by atoms with van der Waals surface area (Å²) < 4.78 is 41.8. The molecule has 4 rings (SSSR count). The van der Waals surface area contributed by atoms with Crippen LogP contribution in [0, 0.1) is 0 Å². The first-order valence-electron chi connectivity index (χ1n) is 12.8. The Hall–Kier alpha value is -2.75. The van der Waals surface area contributed by atoms with E-state index in [1.54, 1.807) is 36.5 Å². The number of unbranched alkanes of at least 4 members (excludes halogenated alkanes) is 3. The number of nitrogens with one attached hydrogen (secondary N) is 1. The third-order valence-electron chi connectivity index (χ3n) is 6.64. The maximum absolute atomic E-state index is 13.9. The number of alkyl halides is 3. The summed E-state index contributed by atoms with van der Waals surface area (Å²) >= 11 is 6.70. The molecule has 1 aromatic heterocycles. The van der Waals surface area contributed by atoms with Crippen LogP contribution in [0.25, 0.3) is 10.9 Å². The number of amides is 1. The number of hydrogen-bond donors (Lipinski definition) is 2. The van der Waals surface area contributed by atoms with E-state index < -0.39 is 28.6 Å². The van der Waals surface area contributed by atoms with Crippen LogP contribution in [0.2, 0.25) is 5.02 Å². The van der Waals surface area contributed by atoms with E-state index in [1.807, 2.05) is 24.3 Å². The van der Waals surface area contributed by atoms with Crippen molar-refractivity contribution in [2.24, 2.45) is 0 Å². The lowest BCUT2D eigenvalue weighted by Gasteiger charge is -2.30. The molecule has 2 N–H and O–H groups in total. The molecule has 208 valence electrons. The van der Waals surface area contributed by atoms with Crippen LogP contribution in [0.15, 0.2) is 72.4 Å². The molecule has 5 nitrogen and oxygen atoms in total. The first-order chi connectivity index (χ1) is 18.6. The summed E-state index contributed by atoms with van der Waals surface area (Å²) in [5, 5.41) is 13.8. The molecule has 2 aromatic carbocycles. The van der Waals surface area contributed by atoms with Crippen LogP contribution < -0.4 is 5.32 Å². The fourth-order valence-electron chi connectivity index (χ4n) is 4.67. The number of halogens is 4. The summed E-state index contributed by atoms with van der Waals surface area (Å²) in [6.07, 6.45) is 1.27. The SMILES string of the molecule is CC1(O)C=C(C(SCc2ccccc2)C(F)(F)F)C(=O)N1CCCCCCNc1ccnc2cc(Cl)ccc12. The zero-order valence-corrected chi connectivity index (χ0v) is 23.1. The average molecular weight is 578 g/mol. The fraction of sp³-hybridized carbons (Fsp3) is 0.379. The van der Waals surface area contributed by atoms with E-state index in [1.165, 1.54) is 6.92 Å². The minimum absolute atomic E-state index is 0.106. The number of rotatable bonds is 12. The number of aromatic nitrogens is 1. The number of pyridine rings is 1. The van der Waals surface area contributed by atoms with Crippen LogP contribution in [0.3, 0.4) is 0 Å². The molecule has 0 fully saturated rings. The molecule has 0 saturated carbocycles. The van der Waals surface area contributed by atoms with Gasteiger partial charge in [0.25, 0.3) is 5.91 Å². The van der Waals surface area contributed by atoms with Crippen molar-refractivity contribution >= 4 is 45.9 Å². The molecule has 1 amide bonds. The van der Waals surface area contributed by atoms with Crippen molar-refractivity contribution in [1.82, 2.24) is 9.88 Å². The van der Waals surface area contributed by atoms with Crippen LogP contribution >= 0.6 is 23.4 Å². The first-order valence-corrected chi connectivity index (χ1v) is 14.3. The highest BCUT2D eigenvalue weighted by atomic mass is 35.5. The van der Waals surface area contributed by atoms with Gasteiger partial charge in [0.1, 0.15) is 5.25 Å². The number of anilines is 1. The van der Waals surface area contributed by atoms with Crippen molar-refractivity contribution in [3.63, 3.8) is 0 Å². The molecular formula is C29H31ClF3N3O2S. The smallest absolute Gasteiger partial charge is 0.384 e. The van der Waals surface area contributed by atoms with Crippen molar-refractivity contribution in [2.45, 2.75) is 55.5 Å². The number of aliphatic hydroxyl groups is 1. The van der Waals surface area contributed by atoms with Crippen LogP contribution in [-0.4, -0.2) is 51.1 Å². The Balaban J connectivity index is 1.25. The molecule has 0 bridgehead atoms. The minimum Gasteiger partial charge on any atom is -0.384 e. The molecular weight excluding hydrogens is 547 g/mol.